The van der Waals surface area contributed by atoms with Gasteiger partial charge in [0.2, 0.25) is 0 Å². The maximum atomic E-state index is 12.1. The number of carbonyl (C=O) groups excluding carboxylic acids is 2. The molecule has 0 unspecified atom stereocenters. The second-order valence-corrected chi connectivity index (χ2v) is 8.39. The Labute approximate surface area is 165 Å². The number of hydrogen-bond donors (Lipinski definition) is 3. The Bertz CT molecular complexity index is 943. The first-order chi connectivity index (χ1) is 12.8. The average molecular weight is 407 g/mol. The van der Waals surface area contributed by atoms with Crippen LogP contribution in [0.5, 0.6) is 0 Å². The number of rotatable bonds is 5. The van der Waals surface area contributed by atoms with Gasteiger partial charge in [-0.3, -0.25) is 4.79 Å². The molecule has 9 heteroatoms. The minimum atomic E-state index is -0.549. The molecule has 0 saturated carbocycles. The molecule has 0 aliphatic heterocycles. The highest BCUT2D eigenvalue weighted by Crippen LogP contribution is 2.41. The van der Waals surface area contributed by atoms with Crippen molar-refractivity contribution in [3.63, 3.8) is 0 Å². The van der Waals surface area contributed by atoms with Gasteiger partial charge in [-0.2, -0.15) is 0 Å². The van der Waals surface area contributed by atoms with Gasteiger partial charge in [0.05, 0.1) is 28.4 Å². The summed E-state index contributed by atoms with van der Waals surface area (Å²) in [6.07, 6.45) is 3.93. The predicted octanol–water partition coefficient (Wildman–Crippen LogP) is 3.27. The van der Waals surface area contributed by atoms with Gasteiger partial charge in [0.1, 0.15) is 15.6 Å². The van der Waals surface area contributed by atoms with Gasteiger partial charge in [-0.25, -0.2) is 9.79 Å². The molecule has 1 aliphatic rings. The van der Waals surface area contributed by atoms with Crippen LogP contribution in [0.2, 0.25) is 0 Å². The van der Waals surface area contributed by atoms with E-state index < -0.39 is 11.9 Å². The number of hydrogen-bond acceptors (Lipinski definition) is 8. The molecule has 0 bridgehead atoms. The normalized spacial score (nSPS) is 14.1. The third-order valence-corrected chi connectivity index (χ3v) is 6.78. The lowest BCUT2D eigenvalue weighted by Gasteiger charge is -2.10. The van der Waals surface area contributed by atoms with Crippen LogP contribution in [0.1, 0.15) is 62.7 Å². The molecule has 6 N–H and O–H groups in total. The smallest absolute Gasteiger partial charge is 0.343 e. The predicted molar refractivity (Wildman–Crippen MR) is 110 cm³/mol. The molecular formula is C18H22N4O3S2. The minimum Gasteiger partial charge on any atom is -0.462 e. The second kappa shape index (κ2) is 7.69. The molecule has 27 heavy (non-hydrogen) atoms. The highest BCUT2D eigenvalue weighted by Gasteiger charge is 2.26. The maximum absolute atomic E-state index is 12.1. The van der Waals surface area contributed by atoms with Crippen molar-refractivity contribution in [3.05, 3.63) is 26.4 Å². The van der Waals surface area contributed by atoms with E-state index in [1.165, 1.54) is 27.6 Å². The Kier molecular flexibility index (Phi) is 5.52. The summed E-state index contributed by atoms with van der Waals surface area (Å²) >= 11 is 2.68. The number of aryl methyl sites for hydroxylation is 1. The van der Waals surface area contributed by atoms with Crippen molar-refractivity contribution in [1.82, 2.24) is 0 Å². The molecular weight excluding hydrogens is 384 g/mol. The van der Waals surface area contributed by atoms with Crippen molar-refractivity contribution in [2.24, 2.45) is 10.7 Å². The van der Waals surface area contributed by atoms with Gasteiger partial charge in [-0.05, 0) is 45.1 Å². The molecule has 3 rings (SSSR count). The van der Waals surface area contributed by atoms with E-state index in [2.05, 4.69) is 4.99 Å². The molecule has 0 saturated heterocycles. The number of nitrogens with zero attached hydrogens (tertiary/aromatic N) is 1. The summed E-state index contributed by atoms with van der Waals surface area (Å²) in [6, 6.07) is 0. The lowest BCUT2D eigenvalue weighted by atomic mass is 9.95. The number of amides is 1. The van der Waals surface area contributed by atoms with Gasteiger partial charge in [-0.1, -0.05) is 0 Å². The van der Waals surface area contributed by atoms with Crippen LogP contribution in [0.3, 0.4) is 0 Å². The zero-order chi connectivity index (χ0) is 19.7. The zero-order valence-electron chi connectivity index (χ0n) is 15.3. The van der Waals surface area contributed by atoms with Crippen LogP contribution in [0.25, 0.3) is 0 Å². The summed E-state index contributed by atoms with van der Waals surface area (Å²) in [4.78, 5) is 30.5. The minimum absolute atomic E-state index is 0.173. The summed E-state index contributed by atoms with van der Waals surface area (Å²) in [7, 11) is 0. The van der Waals surface area contributed by atoms with Gasteiger partial charge in [0.15, 0.2) is 0 Å². The molecule has 0 aromatic carbocycles. The van der Waals surface area contributed by atoms with Crippen LogP contribution in [0, 0.1) is 0 Å². The van der Waals surface area contributed by atoms with E-state index in [1.807, 2.05) is 0 Å². The van der Waals surface area contributed by atoms with E-state index in [0.29, 0.717) is 21.2 Å². The lowest BCUT2D eigenvalue weighted by Crippen LogP contribution is -2.14. The summed E-state index contributed by atoms with van der Waals surface area (Å²) in [5, 5.41) is 0.882. The molecule has 0 radical (unpaired) electrons. The fraction of sp³-hybridized carbons (Fsp3) is 0.389. The third-order valence-electron chi connectivity index (χ3n) is 4.45. The Morgan fingerprint density at radius 1 is 1.15 bits per heavy atom. The van der Waals surface area contributed by atoms with Crippen molar-refractivity contribution in [2.45, 2.75) is 39.5 Å². The second-order valence-electron chi connectivity index (χ2n) is 6.26. The van der Waals surface area contributed by atoms with Crippen LogP contribution in [-0.2, 0) is 17.6 Å². The SMILES string of the molecule is CCOC(=O)c1c(N)sc(/C(C)=N/c2sc3c(c2C(N)=O)CCCC3)c1N. The Hall–Kier alpha value is -2.39. The van der Waals surface area contributed by atoms with Crippen LogP contribution < -0.4 is 17.2 Å². The number of nitrogen functional groups attached to an aromatic ring is 2. The molecule has 2 aromatic heterocycles. The first-order valence-electron chi connectivity index (χ1n) is 8.69. The number of thiophene rings is 2. The molecule has 0 fully saturated rings. The number of carbonyl (C=O) groups is 2. The first-order valence-corrected chi connectivity index (χ1v) is 10.3. The van der Waals surface area contributed by atoms with Crippen molar-refractivity contribution in [3.8, 4) is 0 Å². The highest BCUT2D eigenvalue weighted by molar-refractivity contribution is 7.19. The van der Waals surface area contributed by atoms with Crippen molar-refractivity contribution in [1.29, 1.82) is 0 Å². The number of aliphatic imine (C=N–C) groups is 1. The molecule has 0 spiro atoms. The number of anilines is 2. The van der Waals surface area contributed by atoms with E-state index in [-0.39, 0.29) is 22.9 Å². The van der Waals surface area contributed by atoms with Crippen LogP contribution in [-0.4, -0.2) is 24.2 Å². The molecule has 2 aromatic rings. The molecule has 0 atom stereocenters. The van der Waals surface area contributed by atoms with Crippen LogP contribution in [0.15, 0.2) is 4.99 Å². The van der Waals surface area contributed by atoms with E-state index in [0.717, 1.165) is 31.2 Å². The van der Waals surface area contributed by atoms with E-state index in [1.54, 1.807) is 13.8 Å². The molecule has 1 amide bonds. The summed E-state index contributed by atoms with van der Waals surface area (Å²) < 4.78 is 5.02. The zero-order valence-corrected chi connectivity index (χ0v) is 16.9. The van der Waals surface area contributed by atoms with Gasteiger partial charge < -0.3 is 21.9 Å². The van der Waals surface area contributed by atoms with Gasteiger partial charge in [0, 0.05) is 4.88 Å². The average Bonchev–Trinajstić information content (AvgIpc) is 3.11. The van der Waals surface area contributed by atoms with Crippen molar-refractivity contribution in [2.75, 3.05) is 18.1 Å². The number of ether oxygens (including phenoxy) is 1. The van der Waals surface area contributed by atoms with Crippen molar-refractivity contribution < 1.29 is 14.3 Å². The van der Waals surface area contributed by atoms with E-state index in [4.69, 9.17) is 21.9 Å². The highest BCUT2D eigenvalue weighted by atomic mass is 32.1. The molecule has 2 heterocycles. The van der Waals surface area contributed by atoms with Crippen molar-refractivity contribution >= 4 is 56.0 Å². The monoisotopic (exact) mass is 406 g/mol. The topological polar surface area (TPSA) is 134 Å². The first kappa shape index (κ1) is 19.4. The third kappa shape index (κ3) is 3.57. The molecule has 7 nitrogen and oxygen atoms in total. The lowest BCUT2D eigenvalue weighted by molar-refractivity contribution is 0.0529. The van der Waals surface area contributed by atoms with Gasteiger partial charge in [0.25, 0.3) is 5.91 Å². The number of primary amides is 1. The number of nitrogens with two attached hydrogens (primary N) is 3. The van der Waals surface area contributed by atoms with Crippen LogP contribution >= 0.6 is 22.7 Å². The quantitative estimate of drug-likeness (QED) is 0.517. The number of esters is 1. The summed E-state index contributed by atoms with van der Waals surface area (Å²) in [5.41, 5.74) is 20.3. The van der Waals surface area contributed by atoms with E-state index in [9.17, 15) is 9.59 Å². The Morgan fingerprint density at radius 3 is 2.52 bits per heavy atom. The molecule has 1 aliphatic carbocycles. The maximum Gasteiger partial charge on any atom is 0.343 e. The van der Waals surface area contributed by atoms with Gasteiger partial charge in [-0.15, -0.1) is 22.7 Å². The molecule has 144 valence electrons. The fourth-order valence-electron chi connectivity index (χ4n) is 3.23. The summed E-state index contributed by atoms with van der Waals surface area (Å²) in [5.74, 6) is -1.01. The summed E-state index contributed by atoms with van der Waals surface area (Å²) in [6.45, 7) is 3.73. The standard InChI is InChI=1S/C18H22N4O3S2/c1-3-25-18(24)12-13(19)14(27-16(12)21)8(2)22-17-11(15(20)23)9-6-4-5-7-10(9)26-17/h3-7,19,21H2,1-2H3,(H2,20,23)/b22-8+. The number of fused-ring (bicyclic) bond motifs is 1. The largest absolute Gasteiger partial charge is 0.462 e. The van der Waals surface area contributed by atoms with Crippen LogP contribution in [0.4, 0.5) is 15.7 Å². The Morgan fingerprint density at radius 2 is 1.85 bits per heavy atom. The van der Waals surface area contributed by atoms with Gasteiger partial charge >= 0.3 is 5.97 Å². The fourth-order valence-corrected chi connectivity index (χ4v) is 5.47. The van der Waals surface area contributed by atoms with E-state index >= 15 is 0 Å². The Balaban J connectivity index is 2.05.